The molecule has 1 atom stereocenters. The highest BCUT2D eigenvalue weighted by Gasteiger charge is 2.34. The smallest absolute Gasteiger partial charge is 0.317 e. The second-order valence-corrected chi connectivity index (χ2v) is 7.54. The van der Waals surface area contributed by atoms with E-state index in [-0.39, 0.29) is 30.0 Å². The number of ether oxygens (including phenoxy) is 1. The van der Waals surface area contributed by atoms with E-state index in [0.29, 0.717) is 26.1 Å². The van der Waals surface area contributed by atoms with Crippen molar-refractivity contribution in [2.24, 2.45) is 5.92 Å². The van der Waals surface area contributed by atoms with Gasteiger partial charge in [-0.25, -0.2) is 4.79 Å². The zero-order chi connectivity index (χ0) is 18.7. The highest BCUT2D eigenvalue weighted by molar-refractivity contribution is 5.79. The average Bonchev–Trinajstić information content (AvgIpc) is 2.97. The Morgan fingerprint density at radius 2 is 2.08 bits per heavy atom. The molecule has 2 saturated heterocycles. The number of carbonyl (C=O) groups is 2. The molecule has 2 fully saturated rings. The molecule has 1 aromatic rings. The van der Waals surface area contributed by atoms with Crippen LogP contribution in [0.2, 0.25) is 0 Å². The topological polar surface area (TPSA) is 61.9 Å². The molecule has 142 valence electrons. The normalized spacial score (nSPS) is 20.5. The molecular weight excluding hydrogens is 330 g/mol. The van der Waals surface area contributed by atoms with E-state index in [4.69, 9.17) is 4.74 Å². The average molecular weight is 359 g/mol. The number of rotatable bonds is 6. The molecule has 0 aliphatic carbocycles. The van der Waals surface area contributed by atoms with Crippen LogP contribution in [0.4, 0.5) is 4.79 Å². The van der Waals surface area contributed by atoms with E-state index in [1.807, 2.05) is 30.9 Å². The fourth-order valence-electron chi connectivity index (χ4n) is 3.50. The van der Waals surface area contributed by atoms with Gasteiger partial charge in [0.25, 0.3) is 0 Å². The first-order chi connectivity index (χ1) is 12.5. The van der Waals surface area contributed by atoms with Crippen molar-refractivity contribution in [1.82, 2.24) is 15.1 Å². The number of hydrogen-bond acceptors (Lipinski definition) is 3. The lowest BCUT2D eigenvalue weighted by Gasteiger charge is -2.39. The highest BCUT2D eigenvalue weighted by Crippen LogP contribution is 2.21. The quantitative estimate of drug-likeness (QED) is 0.848. The Bertz CT molecular complexity index is 655. The number of carbonyl (C=O) groups excluding carboxylic acids is 2. The first-order valence-corrected chi connectivity index (χ1v) is 9.54. The number of nitrogens with one attached hydrogen (secondary N) is 1. The summed E-state index contributed by atoms with van der Waals surface area (Å²) >= 11 is 0. The van der Waals surface area contributed by atoms with Crippen molar-refractivity contribution in [3.63, 3.8) is 0 Å². The predicted molar refractivity (Wildman–Crippen MR) is 100 cm³/mol. The molecule has 26 heavy (non-hydrogen) atoms. The Labute approximate surface area is 155 Å². The van der Waals surface area contributed by atoms with E-state index in [1.165, 1.54) is 5.56 Å². The van der Waals surface area contributed by atoms with Gasteiger partial charge in [-0.3, -0.25) is 4.79 Å². The maximum Gasteiger partial charge on any atom is 0.317 e. The first-order valence-electron chi connectivity index (χ1n) is 9.54. The summed E-state index contributed by atoms with van der Waals surface area (Å²) in [6.07, 6.45) is 1.56. The largest absolute Gasteiger partial charge is 0.487 e. The molecule has 3 amide bonds. The molecule has 0 unspecified atom stereocenters. The molecule has 0 bridgehead atoms. The summed E-state index contributed by atoms with van der Waals surface area (Å²) in [4.78, 5) is 27.8. The van der Waals surface area contributed by atoms with E-state index in [9.17, 15) is 9.59 Å². The number of amides is 3. The third kappa shape index (κ3) is 4.29. The Hall–Kier alpha value is -2.24. The minimum atomic E-state index is -0.0670. The molecule has 6 heteroatoms. The number of urea groups is 1. The second kappa shape index (κ2) is 7.98. The molecule has 6 nitrogen and oxygen atoms in total. The number of nitrogens with zero attached hydrogens (tertiary/aromatic N) is 2. The fraction of sp³-hybridized carbons (Fsp3) is 0.600. The molecule has 0 radical (unpaired) electrons. The van der Waals surface area contributed by atoms with Crippen molar-refractivity contribution in [1.29, 1.82) is 0 Å². The van der Waals surface area contributed by atoms with Crippen LogP contribution in [0.3, 0.4) is 0 Å². The van der Waals surface area contributed by atoms with Gasteiger partial charge in [-0.1, -0.05) is 19.1 Å². The SMILES string of the molecule is CCc1cccc(OC2CN(C(=O)NC[C@@H]3CC(=O)N(C(C)C)C3)C2)c1. The third-order valence-corrected chi connectivity index (χ3v) is 5.15. The van der Waals surface area contributed by atoms with Crippen molar-refractivity contribution in [3.05, 3.63) is 29.8 Å². The van der Waals surface area contributed by atoms with E-state index in [2.05, 4.69) is 24.4 Å². The van der Waals surface area contributed by atoms with Crippen molar-refractivity contribution >= 4 is 11.9 Å². The molecule has 2 heterocycles. The molecular formula is C20H29N3O3. The Balaban J connectivity index is 1.38. The van der Waals surface area contributed by atoms with Gasteiger partial charge in [-0.15, -0.1) is 0 Å². The van der Waals surface area contributed by atoms with Gasteiger partial charge >= 0.3 is 6.03 Å². The van der Waals surface area contributed by atoms with Gasteiger partial charge in [-0.2, -0.15) is 0 Å². The third-order valence-electron chi connectivity index (χ3n) is 5.15. The van der Waals surface area contributed by atoms with Crippen LogP contribution in [0.1, 0.15) is 32.8 Å². The van der Waals surface area contributed by atoms with E-state index < -0.39 is 0 Å². The second-order valence-electron chi connectivity index (χ2n) is 7.54. The predicted octanol–water partition coefficient (Wildman–Crippen LogP) is 2.28. The van der Waals surface area contributed by atoms with E-state index >= 15 is 0 Å². The number of likely N-dealkylation sites (tertiary alicyclic amines) is 2. The molecule has 2 aliphatic heterocycles. The number of aryl methyl sites for hydroxylation is 1. The van der Waals surface area contributed by atoms with Gasteiger partial charge in [0.05, 0.1) is 13.1 Å². The summed E-state index contributed by atoms with van der Waals surface area (Å²) in [5.74, 6) is 1.26. The van der Waals surface area contributed by atoms with Crippen molar-refractivity contribution in [3.8, 4) is 5.75 Å². The minimum Gasteiger partial charge on any atom is -0.487 e. The lowest BCUT2D eigenvalue weighted by Crippen LogP contribution is -2.59. The van der Waals surface area contributed by atoms with Crippen LogP contribution < -0.4 is 10.1 Å². The summed E-state index contributed by atoms with van der Waals surface area (Å²) in [6.45, 7) is 8.65. The number of hydrogen-bond donors (Lipinski definition) is 1. The van der Waals surface area contributed by atoms with Crippen LogP contribution in [0.5, 0.6) is 5.75 Å². The molecule has 0 spiro atoms. The molecule has 3 rings (SSSR count). The van der Waals surface area contributed by atoms with Gasteiger partial charge in [0.1, 0.15) is 11.9 Å². The van der Waals surface area contributed by atoms with Crippen molar-refractivity contribution in [2.45, 2.75) is 45.8 Å². The van der Waals surface area contributed by atoms with Gasteiger partial charge < -0.3 is 19.9 Å². The first kappa shape index (κ1) is 18.5. The zero-order valence-corrected chi connectivity index (χ0v) is 15.9. The van der Waals surface area contributed by atoms with Crippen LogP contribution >= 0.6 is 0 Å². The summed E-state index contributed by atoms with van der Waals surface area (Å²) in [6, 6.07) is 8.26. The van der Waals surface area contributed by atoms with Gasteiger partial charge in [0.15, 0.2) is 0 Å². The van der Waals surface area contributed by atoms with E-state index in [1.54, 1.807) is 4.90 Å². The van der Waals surface area contributed by atoms with Crippen LogP contribution in [-0.2, 0) is 11.2 Å². The monoisotopic (exact) mass is 359 g/mol. The molecule has 0 aromatic heterocycles. The minimum absolute atomic E-state index is 0.0531. The Morgan fingerprint density at radius 1 is 1.31 bits per heavy atom. The van der Waals surface area contributed by atoms with Crippen molar-refractivity contribution in [2.75, 3.05) is 26.2 Å². The lowest BCUT2D eigenvalue weighted by molar-refractivity contribution is -0.129. The molecule has 0 saturated carbocycles. The van der Waals surface area contributed by atoms with Crippen LogP contribution in [0.15, 0.2) is 24.3 Å². The molecule has 1 N–H and O–H groups in total. The van der Waals surface area contributed by atoms with Crippen LogP contribution in [-0.4, -0.2) is 60.1 Å². The standard InChI is InChI=1S/C20H29N3O3/c1-4-15-6-5-7-17(8-15)26-18-12-22(13-18)20(25)21-10-16-9-19(24)23(11-16)14(2)3/h5-8,14,16,18H,4,9-13H2,1-3H3,(H,21,25)/t16-/m0/s1. The fourth-order valence-corrected chi connectivity index (χ4v) is 3.50. The maximum atomic E-state index is 12.2. The Kier molecular flexibility index (Phi) is 5.69. The maximum absolute atomic E-state index is 12.2. The summed E-state index contributed by atoms with van der Waals surface area (Å²) in [5.41, 5.74) is 1.25. The molecule has 2 aliphatic rings. The Morgan fingerprint density at radius 3 is 2.73 bits per heavy atom. The summed E-state index contributed by atoms with van der Waals surface area (Å²) in [5, 5.41) is 2.96. The molecule has 1 aromatic carbocycles. The van der Waals surface area contributed by atoms with E-state index in [0.717, 1.165) is 18.7 Å². The highest BCUT2D eigenvalue weighted by atomic mass is 16.5. The summed E-state index contributed by atoms with van der Waals surface area (Å²) in [7, 11) is 0. The van der Waals surface area contributed by atoms with Crippen LogP contribution in [0.25, 0.3) is 0 Å². The number of benzene rings is 1. The van der Waals surface area contributed by atoms with Crippen molar-refractivity contribution < 1.29 is 14.3 Å². The van der Waals surface area contributed by atoms with Gasteiger partial charge in [0, 0.05) is 31.5 Å². The lowest BCUT2D eigenvalue weighted by atomic mass is 10.1. The summed E-state index contributed by atoms with van der Waals surface area (Å²) < 4.78 is 5.93. The van der Waals surface area contributed by atoms with Crippen LogP contribution in [0, 0.1) is 5.92 Å². The van der Waals surface area contributed by atoms with Gasteiger partial charge in [-0.05, 0) is 38.0 Å². The van der Waals surface area contributed by atoms with Gasteiger partial charge in [0.2, 0.25) is 5.91 Å². The zero-order valence-electron chi connectivity index (χ0n) is 15.9.